The van der Waals surface area contributed by atoms with Crippen LogP contribution in [0.2, 0.25) is 0 Å². The van der Waals surface area contributed by atoms with Gasteiger partial charge in [0.1, 0.15) is 13.1 Å². The van der Waals surface area contributed by atoms with E-state index in [-0.39, 0.29) is 11.7 Å². The maximum absolute atomic E-state index is 11.9. The van der Waals surface area contributed by atoms with Crippen LogP contribution in [0.5, 0.6) is 0 Å². The Morgan fingerprint density at radius 1 is 1.50 bits per heavy atom. The SMILES string of the molecule is CC(C)c1noc(=O)n1CC(=O)NCC(F)(F)F. The zero-order chi connectivity index (χ0) is 13.9. The largest absolute Gasteiger partial charge is 0.442 e. The lowest BCUT2D eigenvalue weighted by Crippen LogP contribution is -2.37. The first-order chi connectivity index (χ1) is 8.20. The van der Waals surface area contributed by atoms with Gasteiger partial charge in [-0.05, 0) is 0 Å². The molecule has 1 aromatic heterocycles. The summed E-state index contributed by atoms with van der Waals surface area (Å²) in [5.41, 5.74) is 0. The van der Waals surface area contributed by atoms with Crippen LogP contribution in [0, 0.1) is 0 Å². The maximum Gasteiger partial charge on any atom is 0.442 e. The highest BCUT2D eigenvalue weighted by molar-refractivity contribution is 5.75. The molecule has 0 saturated carbocycles. The van der Waals surface area contributed by atoms with E-state index in [0.29, 0.717) is 0 Å². The Bertz CT molecular complexity index is 475. The van der Waals surface area contributed by atoms with Gasteiger partial charge in [0.25, 0.3) is 0 Å². The summed E-state index contributed by atoms with van der Waals surface area (Å²) in [6, 6.07) is 0. The molecule has 1 aromatic rings. The van der Waals surface area contributed by atoms with Crippen LogP contribution in [0.25, 0.3) is 0 Å². The molecule has 102 valence electrons. The Hall–Kier alpha value is -1.80. The quantitative estimate of drug-likeness (QED) is 0.868. The van der Waals surface area contributed by atoms with Crippen molar-refractivity contribution in [1.29, 1.82) is 0 Å². The minimum absolute atomic E-state index is 0.188. The predicted octanol–water partition coefficient (Wildman–Crippen LogP) is 0.638. The third-order valence-electron chi connectivity index (χ3n) is 2.02. The first kappa shape index (κ1) is 14.3. The zero-order valence-electron chi connectivity index (χ0n) is 9.74. The number of halogens is 3. The van der Waals surface area contributed by atoms with Crippen molar-refractivity contribution in [3.8, 4) is 0 Å². The highest BCUT2D eigenvalue weighted by Gasteiger charge is 2.28. The van der Waals surface area contributed by atoms with Crippen molar-refractivity contribution in [2.75, 3.05) is 6.54 Å². The standard InChI is InChI=1S/C9H12F3N3O3/c1-5(2)7-14-18-8(17)15(7)3-6(16)13-4-9(10,11)12/h5H,3-4H2,1-2H3,(H,13,16). The Morgan fingerprint density at radius 3 is 2.61 bits per heavy atom. The van der Waals surface area contributed by atoms with E-state index >= 15 is 0 Å². The van der Waals surface area contributed by atoms with Crippen molar-refractivity contribution in [2.45, 2.75) is 32.5 Å². The number of rotatable bonds is 4. The number of carbonyl (C=O) groups excluding carboxylic acids is 1. The normalized spacial score (nSPS) is 11.9. The molecule has 1 N–H and O–H groups in total. The lowest BCUT2D eigenvalue weighted by atomic mass is 10.2. The van der Waals surface area contributed by atoms with Crippen molar-refractivity contribution in [3.63, 3.8) is 0 Å². The number of carbonyl (C=O) groups is 1. The lowest BCUT2D eigenvalue weighted by Gasteiger charge is -2.09. The van der Waals surface area contributed by atoms with Crippen LogP contribution in [-0.2, 0) is 11.3 Å². The van der Waals surface area contributed by atoms with E-state index in [1.165, 1.54) is 0 Å². The molecule has 0 bridgehead atoms. The number of alkyl halides is 3. The molecule has 0 aliphatic heterocycles. The molecule has 1 heterocycles. The van der Waals surface area contributed by atoms with Crippen molar-refractivity contribution in [1.82, 2.24) is 15.0 Å². The molecule has 0 fully saturated rings. The van der Waals surface area contributed by atoms with E-state index in [1.54, 1.807) is 19.2 Å². The zero-order valence-corrected chi connectivity index (χ0v) is 9.74. The van der Waals surface area contributed by atoms with Gasteiger partial charge in [0.15, 0.2) is 5.82 Å². The van der Waals surface area contributed by atoms with Gasteiger partial charge in [0, 0.05) is 5.92 Å². The Balaban J connectivity index is 2.70. The average molecular weight is 267 g/mol. The van der Waals surface area contributed by atoms with Crippen LogP contribution >= 0.6 is 0 Å². The molecule has 9 heteroatoms. The van der Waals surface area contributed by atoms with Crippen LogP contribution in [-0.4, -0.2) is 28.4 Å². The van der Waals surface area contributed by atoms with Gasteiger partial charge in [-0.25, -0.2) is 4.79 Å². The molecule has 18 heavy (non-hydrogen) atoms. The first-order valence-electron chi connectivity index (χ1n) is 5.10. The Labute approximate surface area is 99.8 Å². The van der Waals surface area contributed by atoms with E-state index in [9.17, 15) is 22.8 Å². The number of aromatic nitrogens is 2. The van der Waals surface area contributed by atoms with Gasteiger partial charge in [-0.1, -0.05) is 19.0 Å². The highest BCUT2D eigenvalue weighted by Crippen LogP contribution is 2.12. The molecule has 0 saturated heterocycles. The predicted molar refractivity (Wildman–Crippen MR) is 53.9 cm³/mol. The number of hydrogen-bond donors (Lipinski definition) is 1. The number of nitrogens with one attached hydrogen (secondary N) is 1. The van der Waals surface area contributed by atoms with E-state index in [2.05, 4.69) is 9.68 Å². The molecule has 0 atom stereocenters. The summed E-state index contributed by atoms with van der Waals surface area (Å²) < 4.78 is 40.9. The topological polar surface area (TPSA) is 77.1 Å². The van der Waals surface area contributed by atoms with Crippen LogP contribution in [0.3, 0.4) is 0 Å². The maximum atomic E-state index is 11.9. The minimum Gasteiger partial charge on any atom is -0.345 e. The molecule has 0 radical (unpaired) electrons. The molecule has 1 amide bonds. The lowest BCUT2D eigenvalue weighted by molar-refractivity contribution is -0.138. The summed E-state index contributed by atoms with van der Waals surface area (Å²) in [5.74, 6) is -1.78. The molecular weight excluding hydrogens is 255 g/mol. The second kappa shape index (κ2) is 5.23. The fraction of sp³-hybridized carbons (Fsp3) is 0.667. The molecule has 0 aliphatic rings. The number of amides is 1. The van der Waals surface area contributed by atoms with Gasteiger partial charge in [0.2, 0.25) is 5.91 Å². The Morgan fingerprint density at radius 2 is 2.11 bits per heavy atom. The molecule has 0 aromatic carbocycles. The van der Waals surface area contributed by atoms with Crippen LogP contribution < -0.4 is 11.1 Å². The van der Waals surface area contributed by atoms with Crippen molar-refractivity contribution < 1.29 is 22.5 Å². The second-order valence-electron chi connectivity index (χ2n) is 3.94. The molecule has 0 spiro atoms. The fourth-order valence-electron chi connectivity index (χ4n) is 1.24. The third-order valence-corrected chi connectivity index (χ3v) is 2.02. The molecule has 0 aliphatic carbocycles. The molecule has 6 nitrogen and oxygen atoms in total. The van der Waals surface area contributed by atoms with Crippen molar-refractivity contribution >= 4 is 5.91 Å². The monoisotopic (exact) mass is 267 g/mol. The van der Waals surface area contributed by atoms with Gasteiger partial charge in [0.05, 0.1) is 0 Å². The average Bonchev–Trinajstić information content (AvgIpc) is 2.57. The van der Waals surface area contributed by atoms with Crippen LogP contribution in [0.4, 0.5) is 13.2 Å². The van der Waals surface area contributed by atoms with Gasteiger partial charge in [-0.3, -0.25) is 13.9 Å². The number of nitrogens with zero attached hydrogens (tertiary/aromatic N) is 2. The summed E-state index contributed by atoms with van der Waals surface area (Å²) in [7, 11) is 0. The molecule has 1 rings (SSSR count). The summed E-state index contributed by atoms with van der Waals surface area (Å²) in [6.07, 6.45) is -4.49. The van der Waals surface area contributed by atoms with Gasteiger partial charge in [-0.15, -0.1) is 0 Å². The fourth-order valence-corrected chi connectivity index (χ4v) is 1.24. The smallest absolute Gasteiger partial charge is 0.345 e. The van der Waals surface area contributed by atoms with E-state index in [0.717, 1.165) is 4.57 Å². The van der Waals surface area contributed by atoms with Crippen molar-refractivity contribution in [2.24, 2.45) is 0 Å². The highest BCUT2D eigenvalue weighted by atomic mass is 19.4. The second-order valence-corrected chi connectivity index (χ2v) is 3.94. The van der Waals surface area contributed by atoms with Gasteiger partial charge < -0.3 is 5.32 Å². The summed E-state index contributed by atoms with van der Waals surface area (Å²) in [5, 5.41) is 5.11. The third kappa shape index (κ3) is 3.90. The minimum atomic E-state index is -4.49. The Kier molecular flexibility index (Phi) is 4.15. The molecular formula is C9H12F3N3O3. The molecule has 0 unspecified atom stereocenters. The van der Waals surface area contributed by atoms with Gasteiger partial charge >= 0.3 is 11.9 Å². The van der Waals surface area contributed by atoms with Crippen LogP contribution in [0.1, 0.15) is 25.6 Å². The van der Waals surface area contributed by atoms with Gasteiger partial charge in [-0.2, -0.15) is 13.2 Å². The van der Waals surface area contributed by atoms with E-state index < -0.39 is 30.9 Å². The first-order valence-corrected chi connectivity index (χ1v) is 5.10. The van der Waals surface area contributed by atoms with E-state index in [4.69, 9.17) is 0 Å². The summed E-state index contributed by atoms with van der Waals surface area (Å²) in [6.45, 7) is 1.43. The summed E-state index contributed by atoms with van der Waals surface area (Å²) >= 11 is 0. The summed E-state index contributed by atoms with van der Waals surface area (Å²) in [4.78, 5) is 22.5. The van der Waals surface area contributed by atoms with Crippen molar-refractivity contribution in [3.05, 3.63) is 16.4 Å². The number of hydrogen-bond acceptors (Lipinski definition) is 4. The van der Waals surface area contributed by atoms with Crippen LogP contribution in [0.15, 0.2) is 9.32 Å². The van der Waals surface area contributed by atoms with E-state index in [1.807, 2.05) is 0 Å².